The van der Waals surface area contributed by atoms with Crippen molar-refractivity contribution in [2.45, 2.75) is 19.8 Å². The average Bonchev–Trinajstić information content (AvgIpc) is 2.47. The molecule has 1 aromatic carbocycles. The van der Waals surface area contributed by atoms with E-state index in [-0.39, 0.29) is 11.8 Å². The molecule has 0 aliphatic carbocycles. The third kappa shape index (κ3) is 6.04. The molecule has 3 N–H and O–H groups in total. The van der Waals surface area contributed by atoms with Crippen LogP contribution in [0.1, 0.15) is 19.8 Å². The molecule has 0 saturated carbocycles. The second-order valence-electron chi connectivity index (χ2n) is 4.63. The third-order valence-corrected chi connectivity index (χ3v) is 3.08. The van der Waals surface area contributed by atoms with Crippen LogP contribution in [0.2, 0.25) is 0 Å². The van der Waals surface area contributed by atoms with Crippen molar-refractivity contribution in [3.8, 4) is 5.75 Å². The fraction of sp³-hybridized carbons (Fsp3) is 0.533. The molecular weight excluding hydrogens is 256 g/mol. The number of nitrogens with one attached hydrogen (secondary N) is 1. The van der Waals surface area contributed by atoms with Crippen molar-refractivity contribution in [2.24, 2.45) is 11.7 Å². The Morgan fingerprint density at radius 1 is 1.30 bits per heavy atom. The lowest BCUT2D eigenvalue weighted by Gasteiger charge is -2.12. The monoisotopic (exact) mass is 280 g/mol. The summed E-state index contributed by atoms with van der Waals surface area (Å²) in [6.07, 6.45) is 1.37. The van der Waals surface area contributed by atoms with Crippen LogP contribution in [0.15, 0.2) is 24.3 Å². The van der Waals surface area contributed by atoms with Crippen molar-refractivity contribution in [3.63, 3.8) is 0 Å². The molecule has 0 aliphatic rings. The summed E-state index contributed by atoms with van der Waals surface area (Å²) < 4.78 is 10.4. The number of carbonyl (C=O) groups excluding carboxylic acids is 1. The van der Waals surface area contributed by atoms with Crippen molar-refractivity contribution < 1.29 is 14.3 Å². The molecule has 1 rings (SSSR count). The molecule has 0 bridgehead atoms. The van der Waals surface area contributed by atoms with E-state index < -0.39 is 0 Å². The molecule has 0 saturated heterocycles. The number of amides is 1. The van der Waals surface area contributed by atoms with Crippen LogP contribution in [0.5, 0.6) is 5.75 Å². The predicted molar refractivity (Wildman–Crippen MR) is 79.9 cm³/mol. The van der Waals surface area contributed by atoms with Gasteiger partial charge in [-0.3, -0.25) is 4.79 Å². The van der Waals surface area contributed by atoms with Crippen LogP contribution in [-0.2, 0) is 9.53 Å². The molecule has 0 aliphatic heterocycles. The smallest absolute Gasteiger partial charge is 0.224 e. The maximum Gasteiger partial charge on any atom is 0.224 e. The number of rotatable bonds is 9. The highest BCUT2D eigenvalue weighted by Gasteiger charge is 2.10. The number of ether oxygens (including phenoxy) is 2. The van der Waals surface area contributed by atoms with Gasteiger partial charge < -0.3 is 20.5 Å². The fourth-order valence-electron chi connectivity index (χ4n) is 1.75. The first-order chi connectivity index (χ1) is 9.69. The van der Waals surface area contributed by atoms with Gasteiger partial charge in [0.1, 0.15) is 12.4 Å². The van der Waals surface area contributed by atoms with Crippen LogP contribution in [0.25, 0.3) is 0 Å². The highest BCUT2D eigenvalue weighted by atomic mass is 16.5. The van der Waals surface area contributed by atoms with E-state index in [0.717, 1.165) is 17.9 Å². The third-order valence-electron chi connectivity index (χ3n) is 3.08. The minimum absolute atomic E-state index is 0.00430. The summed E-state index contributed by atoms with van der Waals surface area (Å²) in [7, 11) is 1.63. The SMILES string of the molecule is CCC(CN)CC(=O)Nc1ccc(OCCOC)cc1. The van der Waals surface area contributed by atoms with Crippen LogP contribution >= 0.6 is 0 Å². The van der Waals surface area contributed by atoms with Gasteiger partial charge in [-0.2, -0.15) is 0 Å². The Hall–Kier alpha value is -1.59. The van der Waals surface area contributed by atoms with Crippen molar-refractivity contribution in [3.05, 3.63) is 24.3 Å². The van der Waals surface area contributed by atoms with Gasteiger partial charge in [-0.15, -0.1) is 0 Å². The second kappa shape index (κ2) is 9.34. The maximum absolute atomic E-state index is 11.8. The van der Waals surface area contributed by atoms with E-state index in [1.807, 2.05) is 31.2 Å². The molecule has 20 heavy (non-hydrogen) atoms. The summed E-state index contributed by atoms with van der Waals surface area (Å²) >= 11 is 0. The molecular formula is C15H24N2O3. The number of carbonyl (C=O) groups is 1. The van der Waals surface area contributed by atoms with E-state index in [2.05, 4.69) is 5.32 Å². The number of benzene rings is 1. The molecule has 0 spiro atoms. The zero-order valence-electron chi connectivity index (χ0n) is 12.2. The summed E-state index contributed by atoms with van der Waals surface area (Å²) in [6, 6.07) is 7.30. The lowest BCUT2D eigenvalue weighted by molar-refractivity contribution is -0.117. The number of methoxy groups -OCH3 is 1. The van der Waals surface area contributed by atoms with E-state index >= 15 is 0 Å². The number of hydrogen-bond donors (Lipinski definition) is 2. The van der Waals surface area contributed by atoms with Crippen molar-refractivity contribution in [2.75, 3.05) is 32.2 Å². The van der Waals surface area contributed by atoms with Gasteiger partial charge in [0.25, 0.3) is 0 Å². The number of anilines is 1. The molecule has 1 amide bonds. The molecule has 1 atom stereocenters. The molecule has 0 aromatic heterocycles. The van der Waals surface area contributed by atoms with Gasteiger partial charge in [-0.1, -0.05) is 13.3 Å². The van der Waals surface area contributed by atoms with E-state index in [4.69, 9.17) is 15.2 Å². The normalized spacial score (nSPS) is 11.9. The van der Waals surface area contributed by atoms with Crippen LogP contribution < -0.4 is 15.8 Å². The summed E-state index contributed by atoms with van der Waals surface area (Å²) in [5, 5.41) is 2.86. The molecule has 1 aromatic rings. The van der Waals surface area contributed by atoms with E-state index in [1.54, 1.807) is 7.11 Å². The Morgan fingerprint density at radius 3 is 2.55 bits per heavy atom. The van der Waals surface area contributed by atoms with Crippen molar-refractivity contribution >= 4 is 11.6 Å². The van der Waals surface area contributed by atoms with Crippen molar-refractivity contribution in [1.29, 1.82) is 0 Å². The van der Waals surface area contributed by atoms with E-state index in [0.29, 0.717) is 26.2 Å². The fourth-order valence-corrected chi connectivity index (χ4v) is 1.75. The molecule has 5 heteroatoms. The minimum Gasteiger partial charge on any atom is -0.491 e. The largest absolute Gasteiger partial charge is 0.491 e. The Bertz CT molecular complexity index is 389. The summed E-state index contributed by atoms with van der Waals surface area (Å²) in [5.74, 6) is 0.996. The van der Waals surface area contributed by atoms with E-state index in [1.165, 1.54) is 0 Å². The van der Waals surface area contributed by atoms with E-state index in [9.17, 15) is 4.79 Å². The lowest BCUT2D eigenvalue weighted by Crippen LogP contribution is -2.21. The van der Waals surface area contributed by atoms with Crippen molar-refractivity contribution in [1.82, 2.24) is 0 Å². The first-order valence-electron chi connectivity index (χ1n) is 6.91. The van der Waals surface area contributed by atoms with Crippen LogP contribution in [-0.4, -0.2) is 32.8 Å². The Kier molecular flexibility index (Phi) is 7.69. The Balaban J connectivity index is 2.42. The van der Waals surface area contributed by atoms with Gasteiger partial charge in [-0.25, -0.2) is 0 Å². The van der Waals surface area contributed by atoms with Gasteiger partial charge in [0.05, 0.1) is 6.61 Å². The van der Waals surface area contributed by atoms with Gasteiger partial charge in [0.15, 0.2) is 0 Å². The number of nitrogens with two attached hydrogens (primary N) is 1. The Morgan fingerprint density at radius 2 is 2.00 bits per heavy atom. The topological polar surface area (TPSA) is 73.6 Å². The summed E-state index contributed by atoms with van der Waals surface area (Å²) in [4.78, 5) is 11.8. The van der Waals surface area contributed by atoms with Gasteiger partial charge in [0, 0.05) is 19.2 Å². The standard InChI is InChI=1S/C15H24N2O3/c1-3-12(11-16)10-15(18)17-13-4-6-14(7-5-13)20-9-8-19-2/h4-7,12H,3,8-11,16H2,1-2H3,(H,17,18). The maximum atomic E-state index is 11.8. The zero-order chi connectivity index (χ0) is 14.8. The predicted octanol–water partition coefficient (Wildman–Crippen LogP) is 2.03. The summed E-state index contributed by atoms with van der Waals surface area (Å²) in [5.41, 5.74) is 6.36. The molecule has 5 nitrogen and oxygen atoms in total. The second-order valence-corrected chi connectivity index (χ2v) is 4.63. The lowest BCUT2D eigenvalue weighted by atomic mass is 10.0. The first-order valence-corrected chi connectivity index (χ1v) is 6.91. The molecule has 0 radical (unpaired) electrons. The zero-order valence-corrected chi connectivity index (χ0v) is 12.2. The molecule has 0 heterocycles. The van der Waals surface area contributed by atoms with Crippen LogP contribution in [0, 0.1) is 5.92 Å². The molecule has 112 valence electrons. The summed E-state index contributed by atoms with van der Waals surface area (Å²) in [6.45, 7) is 3.64. The quantitative estimate of drug-likeness (QED) is 0.679. The number of hydrogen-bond acceptors (Lipinski definition) is 4. The van der Waals surface area contributed by atoms with Gasteiger partial charge in [-0.05, 0) is 36.7 Å². The average molecular weight is 280 g/mol. The molecule has 1 unspecified atom stereocenters. The van der Waals surface area contributed by atoms with Gasteiger partial charge >= 0.3 is 0 Å². The minimum atomic E-state index is -0.00430. The van der Waals surface area contributed by atoms with Gasteiger partial charge in [0.2, 0.25) is 5.91 Å². The van der Waals surface area contributed by atoms with Crippen LogP contribution in [0.4, 0.5) is 5.69 Å². The highest BCUT2D eigenvalue weighted by molar-refractivity contribution is 5.90. The van der Waals surface area contributed by atoms with Crippen LogP contribution in [0.3, 0.4) is 0 Å². The molecule has 0 fully saturated rings. The highest BCUT2D eigenvalue weighted by Crippen LogP contribution is 2.16. The first kappa shape index (κ1) is 16.5. The Labute approximate surface area is 120 Å².